The van der Waals surface area contributed by atoms with Crippen molar-refractivity contribution in [3.8, 4) is 11.3 Å². The monoisotopic (exact) mass is 480 g/mol. The molecule has 0 atom stereocenters. The van der Waals surface area contributed by atoms with E-state index in [4.69, 9.17) is 4.42 Å². The highest BCUT2D eigenvalue weighted by Gasteiger charge is 2.07. The van der Waals surface area contributed by atoms with Crippen LogP contribution in [0.5, 0.6) is 0 Å². The number of hydrazone groups is 1. The Morgan fingerprint density at radius 3 is 2.61 bits per heavy atom. The third kappa shape index (κ3) is 4.31. The predicted molar refractivity (Wildman–Crippen MR) is 120 cm³/mol. The zero-order valence-electron chi connectivity index (χ0n) is 14.9. The maximum Gasteiger partial charge on any atom is 0.244 e. The average molecular weight is 480 g/mol. The van der Waals surface area contributed by atoms with Crippen LogP contribution >= 0.6 is 22.6 Å². The Labute approximate surface area is 176 Å². The standard InChI is InChI=1S/C23H17IN2O2/c24-19-10-8-17(9-11-19)22-13-12-20(28-22)15-25-26-23(27)14-18-6-3-5-16-4-1-2-7-21(16)18/h1-13,15H,14H2,(H,26,27). The number of hydrogen-bond donors (Lipinski definition) is 1. The van der Waals surface area contributed by atoms with E-state index in [2.05, 4.69) is 33.1 Å². The largest absolute Gasteiger partial charge is 0.455 e. The lowest BCUT2D eigenvalue weighted by Crippen LogP contribution is -2.19. The van der Waals surface area contributed by atoms with Crippen LogP contribution in [-0.4, -0.2) is 12.1 Å². The Balaban J connectivity index is 1.39. The summed E-state index contributed by atoms with van der Waals surface area (Å²) in [5.41, 5.74) is 4.55. The van der Waals surface area contributed by atoms with Gasteiger partial charge in [-0.25, -0.2) is 5.43 Å². The molecule has 3 aromatic carbocycles. The first-order chi connectivity index (χ1) is 13.7. The van der Waals surface area contributed by atoms with E-state index in [1.54, 1.807) is 0 Å². The summed E-state index contributed by atoms with van der Waals surface area (Å²) in [4.78, 5) is 12.2. The van der Waals surface area contributed by atoms with Gasteiger partial charge in [0, 0.05) is 9.13 Å². The molecule has 0 bridgehead atoms. The van der Waals surface area contributed by atoms with Crippen LogP contribution in [0.2, 0.25) is 0 Å². The molecule has 1 aromatic heterocycles. The van der Waals surface area contributed by atoms with Gasteiger partial charge in [-0.2, -0.15) is 5.10 Å². The minimum absolute atomic E-state index is 0.169. The molecule has 0 aliphatic rings. The van der Waals surface area contributed by atoms with Gasteiger partial charge in [0.15, 0.2) is 0 Å². The van der Waals surface area contributed by atoms with E-state index in [9.17, 15) is 4.79 Å². The number of nitrogens with one attached hydrogen (secondary N) is 1. The second kappa shape index (κ2) is 8.39. The van der Waals surface area contributed by atoms with E-state index in [1.807, 2.05) is 78.9 Å². The first-order valence-electron chi connectivity index (χ1n) is 8.83. The number of fused-ring (bicyclic) bond motifs is 1. The van der Waals surface area contributed by atoms with Gasteiger partial charge in [-0.1, -0.05) is 54.6 Å². The number of furan rings is 1. The van der Waals surface area contributed by atoms with E-state index in [0.29, 0.717) is 5.76 Å². The molecule has 1 heterocycles. The SMILES string of the molecule is O=C(Cc1cccc2ccccc12)NN=Cc1ccc(-c2ccc(I)cc2)o1. The molecule has 0 aliphatic heterocycles. The van der Waals surface area contributed by atoms with Crippen LogP contribution in [0.4, 0.5) is 0 Å². The first kappa shape index (κ1) is 18.4. The van der Waals surface area contributed by atoms with Gasteiger partial charge in [0.1, 0.15) is 11.5 Å². The molecular formula is C23H17IN2O2. The molecule has 0 fully saturated rings. The maximum absolute atomic E-state index is 12.2. The summed E-state index contributed by atoms with van der Waals surface area (Å²) < 4.78 is 6.93. The molecule has 1 amide bonds. The highest BCUT2D eigenvalue weighted by molar-refractivity contribution is 14.1. The Morgan fingerprint density at radius 2 is 1.75 bits per heavy atom. The number of halogens is 1. The molecule has 4 aromatic rings. The summed E-state index contributed by atoms with van der Waals surface area (Å²) in [6, 6.07) is 25.8. The Kier molecular flexibility index (Phi) is 5.53. The summed E-state index contributed by atoms with van der Waals surface area (Å²) in [7, 11) is 0. The van der Waals surface area contributed by atoms with Crippen molar-refractivity contribution in [3.05, 3.63) is 93.8 Å². The Bertz CT molecular complexity index is 1140. The summed E-state index contributed by atoms with van der Waals surface area (Å²) in [6.07, 6.45) is 1.78. The molecular weight excluding hydrogens is 463 g/mol. The van der Waals surface area contributed by atoms with Gasteiger partial charge < -0.3 is 4.42 Å². The van der Waals surface area contributed by atoms with Gasteiger partial charge >= 0.3 is 0 Å². The molecule has 5 heteroatoms. The van der Waals surface area contributed by atoms with Crippen LogP contribution < -0.4 is 5.43 Å². The minimum Gasteiger partial charge on any atom is -0.455 e. The normalized spacial score (nSPS) is 11.2. The van der Waals surface area contributed by atoms with Crippen molar-refractivity contribution < 1.29 is 9.21 Å². The fraction of sp³-hybridized carbons (Fsp3) is 0.0435. The fourth-order valence-electron chi connectivity index (χ4n) is 3.02. The first-order valence-corrected chi connectivity index (χ1v) is 9.91. The second-order valence-corrected chi connectivity index (χ2v) is 7.56. The van der Waals surface area contributed by atoms with Crippen molar-refractivity contribution in [1.29, 1.82) is 0 Å². The third-order valence-corrected chi connectivity index (χ3v) is 5.09. The summed E-state index contributed by atoms with van der Waals surface area (Å²) >= 11 is 2.27. The molecule has 1 N–H and O–H groups in total. The van der Waals surface area contributed by atoms with Gasteiger partial charge in [-0.15, -0.1) is 0 Å². The van der Waals surface area contributed by atoms with E-state index < -0.39 is 0 Å². The predicted octanol–water partition coefficient (Wildman–Crippen LogP) is 5.40. The molecule has 0 radical (unpaired) electrons. The maximum atomic E-state index is 12.2. The lowest BCUT2D eigenvalue weighted by Gasteiger charge is -2.05. The second-order valence-electron chi connectivity index (χ2n) is 6.32. The smallest absolute Gasteiger partial charge is 0.244 e. The van der Waals surface area contributed by atoms with Crippen LogP contribution in [-0.2, 0) is 11.2 Å². The zero-order chi connectivity index (χ0) is 19.3. The van der Waals surface area contributed by atoms with Gasteiger partial charge in [-0.05, 0) is 63.2 Å². The highest BCUT2D eigenvalue weighted by atomic mass is 127. The van der Waals surface area contributed by atoms with Gasteiger partial charge in [0.25, 0.3) is 0 Å². The molecule has 0 unspecified atom stereocenters. The van der Waals surface area contributed by atoms with Crippen molar-refractivity contribution in [2.75, 3.05) is 0 Å². The van der Waals surface area contributed by atoms with Gasteiger partial charge in [0.2, 0.25) is 5.91 Å². The Hall–Kier alpha value is -2.93. The quantitative estimate of drug-likeness (QED) is 0.236. The lowest BCUT2D eigenvalue weighted by atomic mass is 10.0. The number of carbonyl (C=O) groups is 1. The number of amides is 1. The highest BCUT2D eigenvalue weighted by Crippen LogP contribution is 2.22. The number of rotatable bonds is 5. The minimum atomic E-state index is -0.169. The zero-order valence-corrected chi connectivity index (χ0v) is 17.1. The van der Waals surface area contributed by atoms with Crippen LogP contribution in [0.25, 0.3) is 22.1 Å². The van der Waals surface area contributed by atoms with Crippen molar-refractivity contribution in [2.24, 2.45) is 5.10 Å². The van der Waals surface area contributed by atoms with E-state index in [1.165, 1.54) is 9.78 Å². The summed E-state index contributed by atoms with van der Waals surface area (Å²) in [6.45, 7) is 0. The molecule has 138 valence electrons. The average Bonchev–Trinajstić information content (AvgIpc) is 3.18. The van der Waals surface area contributed by atoms with Crippen molar-refractivity contribution >= 4 is 45.5 Å². The van der Waals surface area contributed by atoms with E-state index in [0.717, 1.165) is 27.7 Å². The van der Waals surface area contributed by atoms with Crippen molar-refractivity contribution in [2.45, 2.75) is 6.42 Å². The topological polar surface area (TPSA) is 54.6 Å². The molecule has 0 saturated carbocycles. The molecule has 0 spiro atoms. The van der Waals surface area contributed by atoms with Crippen LogP contribution in [0.15, 0.2) is 88.4 Å². The number of hydrogen-bond acceptors (Lipinski definition) is 3. The molecule has 28 heavy (non-hydrogen) atoms. The van der Waals surface area contributed by atoms with Gasteiger partial charge in [0.05, 0.1) is 12.6 Å². The third-order valence-electron chi connectivity index (χ3n) is 4.37. The summed E-state index contributed by atoms with van der Waals surface area (Å²) in [5, 5.41) is 6.22. The molecule has 4 rings (SSSR count). The van der Waals surface area contributed by atoms with Crippen LogP contribution in [0.1, 0.15) is 11.3 Å². The Morgan fingerprint density at radius 1 is 0.964 bits per heavy atom. The van der Waals surface area contributed by atoms with Crippen molar-refractivity contribution in [1.82, 2.24) is 5.43 Å². The number of benzene rings is 3. The fourth-order valence-corrected chi connectivity index (χ4v) is 3.38. The molecule has 4 nitrogen and oxygen atoms in total. The van der Waals surface area contributed by atoms with Gasteiger partial charge in [-0.3, -0.25) is 4.79 Å². The van der Waals surface area contributed by atoms with Crippen LogP contribution in [0.3, 0.4) is 0 Å². The number of nitrogens with zero attached hydrogens (tertiary/aromatic N) is 1. The van der Waals surface area contributed by atoms with E-state index in [-0.39, 0.29) is 12.3 Å². The summed E-state index contributed by atoms with van der Waals surface area (Å²) in [5.74, 6) is 1.18. The molecule has 0 aliphatic carbocycles. The molecule has 0 saturated heterocycles. The van der Waals surface area contributed by atoms with Crippen LogP contribution in [0, 0.1) is 3.57 Å². The van der Waals surface area contributed by atoms with Crippen molar-refractivity contribution in [3.63, 3.8) is 0 Å². The lowest BCUT2D eigenvalue weighted by molar-refractivity contribution is -0.120. The number of carbonyl (C=O) groups excluding carboxylic acids is 1. The van der Waals surface area contributed by atoms with E-state index >= 15 is 0 Å².